The van der Waals surface area contributed by atoms with E-state index in [4.69, 9.17) is 14.7 Å². The molecule has 1 unspecified atom stereocenters. The van der Waals surface area contributed by atoms with Crippen molar-refractivity contribution in [3.05, 3.63) is 77.2 Å². The highest BCUT2D eigenvalue weighted by atomic mass is 19.1. The molecule has 1 aromatic carbocycles. The average molecular weight is 700 g/mol. The number of pyridine rings is 2. The van der Waals surface area contributed by atoms with Crippen LogP contribution in [-0.2, 0) is 9.47 Å². The van der Waals surface area contributed by atoms with Gasteiger partial charge in [0.15, 0.2) is 11.5 Å². The van der Waals surface area contributed by atoms with Crippen LogP contribution in [-0.4, -0.2) is 123 Å². The van der Waals surface area contributed by atoms with Gasteiger partial charge in [0.2, 0.25) is 0 Å². The minimum atomic E-state index is -1.57. The Hall–Kier alpha value is -5.99. The number of imide groups is 1. The Balaban J connectivity index is 0.922. The first-order valence-corrected chi connectivity index (χ1v) is 16.2. The van der Waals surface area contributed by atoms with E-state index < -0.39 is 30.0 Å². The quantitative estimate of drug-likeness (QED) is 0.108. The Morgan fingerprint density at radius 1 is 1.04 bits per heavy atom. The predicted octanol–water partition coefficient (Wildman–Crippen LogP) is 2.64. The number of alkyl halides is 1. The molecule has 1 fully saturated rings. The van der Waals surface area contributed by atoms with E-state index in [1.165, 1.54) is 17.1 Å². The molecule has 0 saturated heterocycles. The van der Waals surface area contributed by atoms with Crippen molar-refractivity contribution in [3.8, 4) is 11.9 Å². The molecule has 0 radical (unpaired) electrons. The zero-order valence-corrected chi connectivity index (χ0v) is 27.3. The van der Waals surface area contributed by atoms with Gasteiger partial charge in [0, 0.05) is 43.0 Å². The van der Waals surface area contributed by atoms with Gasteiger partial charge in [-0.25, -0.2) is 19.2 Å². The lowest BCUT2D eigenvalue weighted by molar-refractivity contribution is 0.0444. The number of hydrogen-bond acceptors (Lipinski definition) is 11. The zero-order valence-electron chi connectivity index (χ0n) is 27.3. The van der Waals surface area contributed by atoms with E-state index in [1.807, 2.05) is 6.07 Å². The maximum absolute atomic E-state index is 14.7. The molecule has 1 aliphatic heterocycles. The molecule has 0 bridgehead atoms. The zero-order chi connectivity index (χ0) is 35.9. The molecule has 3 N–H and O–H groups in total. The second-order valence-corrected chi connectivity index (χ2v) is 11.9. The smallest absolute Gasteiger partial charge is 0.407 e. The Morgan fingerprint density at radius 2 is 1.76 bits per heavy atom. The largest absolute Gasteiger partial charge is 0.465 e. The fourth-order valence-electron chi connectivity index (χ4n) is 5.38. The fraction of sp³-hybridized carbons (Fsp3) is 0.353. The normalized spacial score (nSPS) is 14.3. The molecule has 264 valence electrons. The molecule has 4 amide bonds. The van der Waals surface area contributed by atoms with Crippen LogP contribution in [0.5, 0.6) is 0 Å². The fourth-order valence-corrected chi connectivity index (χ4v) is 5.38. The lowest BCUT2D eigenvalue weighted by atomic mass is 10.1. The van der Waals surface area contributed by atoms with Crippen molar-refractivity contribution in [1.29, 1.82) is 5.26 Å². The van der Waals surface area contributed by atoms with Crippen molar-refractivity contribution < 1.29 is 38.1 Å². The summed E-state index contributed by atoms with van der Waals surface area (Å²) in [5.74, 6) is -0.929. The van der Waals surface area contributed by atoms with Gasteiger partial charge in [0.1, 0.15) is 12.2 Å². The summed E-state index contributed by atoms with van der Waals surface area (Å²) in [5, 5.41) is 29.5. The number of hydrogen-bond donors (Lipinski definition) is 3. The molecule has 1 aliphatic carbocycles. The number of carboxylic acid groups (broad SMARTS) is 1. The molecule has 1 atom stereocenters. The maximum Gasteiger partial charge on any atom is 0.407 e. The monoisotopic (exact) mass is 699 g/mol. The second kappa shape index (κ2) is 15.7. The topological polar surface area (TPSA) is 205 Å². The standard InChI is InChI=1S/C34H34FN9O7/c35-23(20-51-11-8-42(34(48)49)7-10-50-12-9-43-32(46)25-3-1-2-4-26(25)33(43)47)18-39-31(45)27-19-37-29(14-28(27)41-24-5-6-24)44-30-22(17-40-44)13-21(15-36)16-38-30/h1-4,13-14,16-17,19,23-24H,5-12,18,20H2,(H,37,41)(H,39,45)(H,48,49). The molecule has 51 heavy (non-hydrogen) atoms. The van der Waals surface area contributed by atoms with Gasteiger partial charge in [0.25, 0.3) is 17.7 Å². The lowest BCUT2D eigenvalue weighted by Gasteiger charge is -2.20. The van der Waals surface area contributed by atoms with Crippen molar-refractivity contribution in [2.45, 2.75) is 25.1 Å². The summed E-state index contributed by atoms with van der Waals surface area (Å²) in [6.45, 7) is -0.787. The van der Waals surface area contributed by atoms with Gasteiger partial charge in [-0.3, -0.25) is 19.3 Å². The first-order chi connectivity index (χ1) is 24.7. The summed E-state index contributed by atoms with van der Waals surface area (Å²) in [7, 11) is 0. The highest BCUT2D eigenvalue weighted by molar-refractivity contribution is 6.21. The van der Waals surface area contributed by atoms with Crippen molar-refractivity contribution in [2.75, 3.05) is 57.9 Å². The summed E-state index contributed by atoms with van der Waals surface area (Å²) >= 11 is 0. The highest BCUT2D eigenvalue weighted by Gasteiger charge is 2.34. The molecule has 6 rings (SSSR count). The van der Waals surface area contributed by atoms with E-state index in [1.54, 1.807) is 42.6 Å². The van der Waals surface area contributed by atoms with E-state index in [9.17, 15) is 28.7 Å². The number of carbonyl (C=O) groups excluding carboxylic acids is 3. The third-order valence-electron chi connectivity index (χ3n) is 8.23. The summed E-state index contributed by atoms with van der Waals surface area (Å²) < 4.78 is 27.0. The van der Waals surface area contributed by atoms with Crippen LogP contribution in [0.2, 0.25) is 0 Å². The number of amides is 4. The number of carbonyl (C=O) groups is 4. The van der Waals surface area contributed by atoms with E-state index in [2.05, 4.69) is 25.7 Å². The summed E-state index contributed by atoms with van der Waals surface area (Å²) in [5.41, 5.74) is 2.30. The molecule has 3 aromatic heterocycles. The number of anilines is 1. The van der Waals surface area contributed by atoms with Crippen LogP contribution in [0.4, 0.5) is 14.9 Å². The molecular formula is C34H34FN9O7. The van der Waals surface area contributed by atoms with Gasteiger partial charge in [-0.05, 0) is 31.0 Å². The number of benzene rings is 1. The van der Waals surface area contributed by atoms with Gasteiger partial charge >= 0.3 is 6.09 Å². The minimum Gasteiger partial charge on any atom is -0.465 e. The van der Waals surface area contributed by atoms with E-state index in [-0.39, 0.29) is 64.2 Å². The van der Waals surface area contributed by atoms with Crippen LogP contribution in [0.1, 0.15) is 49.5 Å². The van der Waals surface area contributed by atoms with Gasteiger partial charge in [-0.2, -0.15) is 15.0 Å². The number of aromatic nitrogens is 4. The lowest BCUT2D eigenvalue weighted by Crippen LogP contribution is -2.37. The van der Waals surface area contributed by atoms with Crippen molar-refractivity contribution in [2.24, 2.45) is 0 Å². The third-order valence-corrected chi connectivity index (χ3v) is 8.23. The van der Waals surface area contributed by atoms with Gasteiger partial charge < -0.3 is 30.1 Å². The minimum absolute atomic E-state index is 0.00473. The van der Waals surface area contributed by atoms with Crippen LogP contribution in [0.15, 0.2) is 55.0 Å². The third kappa shape index (κ3) is 8.25. The SMILES string of the molecule is N#Cc1cnc2c(cnn2-c2cc(NC3CC3)c(C(=O)NCC(F)COCCN(CCOCCN3C(=O)c4ccccc4C3=O)C(=O)O)cn2)c1. The average Bonchev–Trinajstić information content (AvgIpc) is 3.80. The number of rotatable bonds is 17. The van der Waals surface area contributed by atoms with Gasteiger partial charge in [-0.1, -0.05) is 12.1 Å². The number of ether oxygens (including phenoxy) is 2. The highest BCUT2D eigenvalue weighted by Crippen LogP contribution is 2.28. The summed E-state index contributed by atoms with van der Waals surface area (Å²) in [6.07, 6.45) is 3.49. The molecule has 17 heteroatoms. The Morgan fingerprint density at radius 3 is 2.45 bits per heavy atom. The van der Waals surface area contributed by atoms with Crippen LogP contribution in [0.3, 0.4) is 0 Å². The first kappa shape index (κ1) is 34.9. The van der Waals surface area contributed by atoms with E-state index >= 15 is 0 Å². The molecular weight excluding hydrogens is 665 g/mol. The number of halogens is 1. The van der Waals surface area contributed by atoms with Crippen LogP contribution in [0.25, 0.3) is 16.9 Å². The van der Waals surface area contributed by atoms with Crippen LogP contribution < -0.4 is 10.6 Å². The number of fused-ring (bicyclic) bond motifs is 2. The van der Waals surface area contributed by atoms with Crippen molar-refractivity contribution >= 4 is 40.5 Å². The number of nitrogens with zero attached hydrogens (tertiary/aromatic N) is 7. The van der Waals surface area contributed by atoms with Crippen LogP contribution >= 0.6 is 0 Å². The van der Waals surface area contributed by atoms with E-state index in [0.29, 0.717) is 39.2 Å². The molecule has 4 aromatic rings. The van der Waals surface area contributed by atoms with Gasteiger partial charge in [-0.15, -0.1) is 0 Å². The molecule has 1 saturated carbocycles. The maximum atomic E-state index is 14.7. The van der Waals surface area contributed by atoms with Gasteiger partial charge in [0.05, 0.1) is 73.7 Å². The summed E-state index contributed by atoms with van der Waals surface area (Å²) in [6, 6.07) is 12.1. The molecule has 16 nitrogen and oxygen atoms in total. The molecule has 2 aliphatic rings. The van der Waals surface area contributed by atoms with E-state index in [0.717, 1.165) is 22.6 Å². The van der Waals surface area contributed by atoms with Crippen LogP contribution in [0, 0.1) is 11.3 Å². The number of nitrogens with one attached hydrogen (secondary N) is 2. The Labute approximate surface area is 290 Å². The molecule has 4 heterocycles. The van der Waals surface area contributed by atoms with Crippen molar-refractivity contribution in [3.63, 3.8) is 0 Å². The first-order valence-electron chi connectivity index (χ1n) is 16.2. The summed E-state index contributed by atoms with van der Waals surface area (Å²) in [4.78, 5) is 60.4. The Bertz CT molecular complexity index is 1960. The van der Waals surface area contributed by atoms with Crippen molar-refractivity contribution in [1.82, 2.24) is 34.9 Å². The molecule has 0 spiro atoms. The Kier molecular flexibility index (Phi) is 10.7. The predicted molar refractivity (Wildman–Crippen MR) is 178 cm³/mol. The second-order valence-electron chi connectivity index (χ2n) is 11.9. The number of nitriles is 1.